The Bertz CT molecular complexity index is 394. The highest BCUT2D eigenvalue weighted by atomic mass is 16.1. The number of piperidine rings is 1. The van der Waals surface area contributed by atoms with Crippen molar-refractivity contribution in [1.82, 2.24) is 15.5 Å². The number of nitrogens with zero attached hydrogens (tertiary/aromatic N) is 1. The number of hydrogen-bond acceptors (Lipinski definition) is 3. The number of carbonyl (C=O) groups is 1. The van der Waals surface area contributed by atoms with Gasteiger partial charge in [0.2, 0.25) is 5.91 Å². The first-order valence-electron chi connectivity index (χ1n) is 6.96. The molecule has 2 N–H and O–H groups in total. The molecule has 0 bridgehead atoms. The number of benzene rings is 1. The lowest BCUT2D eigenvalue weighted by molar-refractivity contribution is -0.120. The SMILES string of the molecule is CN1CCCC(NCC(=O)NCc2ccccc2)C1. The minimum atomic E-state index is 0.0667. The van der Waals surface area contributed by atoms with E-state index in [-0.39, 0.29) is 5.91 Å². The predicted molar refractivity (Wildman–Crippen MR) is 76.8 cm³/mol. The van der Waals surface area contributed by atoms with Gasteiger partial charge in [-0.3, -0.25) is 4.79 Å². The quantitative estimate of drug-likeness (QED) is 0.830. The van der Waals surface area contributed by atoms with Crippen molar-refractivity contribution in [2.75, 3.05) is 26.7 Å². The average molecular weight is 261 g/mol. The molecule has 1 aromatic rings. The van der Waals surface area contributed by atoms with Gasteiger partial charge in [0.25, 0.3) is 0 Å². The maximum atomic E-state index is 11.8. The third kappa shape index (κ3) is 5.01. The number of amides is 1. The van der Waals surface area contributed by atoms with Crippen LogP contribution in [0.25, 0.3) is 0 Å². The van der Waals surface area contributed by atoms with E-state index in [1.807, 2.05) is 30.3 Å². The van der Waals surface area contributed by atoms with Crippen LogP contribution in [-0.4, -0.2) is 43.5 Å². The van der Waals surface area contributed by atoms with E-state index in [1.54, 1.807) is 0 Å². The third-order valence-corrected chi connectivity index (χ3v) is 3.51. The lowest BCUT2D eigenvalue weighted by Gasteiger charge is -2.30. The second-order valence-corrected chi connectivity index (χ2v) is 5.24. The molecule has 1 amide bonds. The van der Waals surface area contributed by atoms with Crippen LogP contribution < -0.4 is 10.6 Å². The number of carbonyl (C=O) groups excluding carboxylic acids is 1. The van der Waals surface area contributed by atoms with Crippen molar-refractivity contribution in [3.05, 3.63) is 35.9 Å². The maximum absolute atomic E-state index is 11.8. The van der Waals surface area contributed by atoms with Crippen LogP contribution in [0, 0.1) is 0 Å². The highest BCUT2D eigenvalue weighted by Gasteiger charge is 2.17. The minimum Gasteiger partial charge on any atom is -0.351 e. The van der Waals surface area contributed by atoms with Gasteiger partial charge in [0.15, 0.2) is 0 Å². The Morgan fingerprint density at radius 2 is 2.16 bits per heavy atom. The van der Waals surface area contributed by atoms with Gasteiger partial charge in [-0.15, -0.1) is 0 Å². The van der Waals surface area contributed by atoms with Crippen molar-refractivity contribution in [2.24, 2.45) is 0 Å². The second kappa shape index (κ2) is 7.26. The molecule has 0 aliphatic carbocycles. The van der Waals surface area contributed by atoms with E-state index >= 15 is 0 Å². The molecule has 1 atom stereocenters. The van der Waals surface area contributed by atoms with Gasteiger partial charge in [0.1, 0.15) is 0 Å². The smallest absolute Gasteiger partial charge is 0.234 e. The van der Waals surface area contributed by atoms with E-state index in [1.165, 1.54) is 13.0 Å². The Balaban J connectivity index is 1.64. The van der Waals surface area contributed by atoms with E-state index in [0.717, 1.165) is 18.5 Å². The van der Waals surface area contributed by atoms with E-state index in [2.05, 4.69) is 22.6 Å². The molecule has 1 saturated heterocycles. The molecule has 2 rings (SSSR count). The van der Waals surface area contributed by atoms with Crippen molar-refractivity contribution >= 4 is 5.91 Å². The monoisotopic (exact) mass is 261 g/mol. The Hall–Kier alpha value is -1.39. The fourth-order valence-electron chi connectivity index (χ4n) is 2.43. The Kier molecular flexibility index (Phi) is 5.36. The molecular weight excluding hydrogens is 238 g/mol. The fourth-order valence-corrected chi connectivity index (χ4v) is 2.43. The number of nitrogens with one attached hydrogen (secondary N) is 2. The van der Waals surface area contributed by atoms with Crippen molar-refractivity contribution < 1.29 is 4.79 Å². The topological polar surface area (TPSA) is 44.4 Å². The molecule has 0 saturated carbocycles. The molecule has 0 radical (unpaired) electrons. The zero-order valence-electron chi connectivity index (χ0n) is 11.6. The molecule has 4 heteroatoms. The van der Waals surface area contributed by atoms with Crippen molar-refractivity contribution in [2.45, 2.75) is 25.4 Å². The Labute approximate surface area is 115 Å². The van der Waals surface area contributed by atoms with Gasteiger partial charge in [0, 0.05) is 19.1 Å². The molecule has 0 aromatic heterocycles. The molecule has 1 aliphatic rings. The van der Waals surface area contributed by atoms with Gasteiger partial charge in [0.05, 0.1) is 6.54 Å². The highest BCUT2D eigenvalue weighted by Crippen LogP contribution is 2.07. The Morgan fingerprint density at radius 3 is 2.89 bits per heavy atom. The molecule has 1 unspecified atom stereocenters. The van der Waals surface area contributed by atoms with Gasteiger partial charge in [-0.2, -0.15) is 0 Å². The van der Waals surface area contributed by atoms with Crippen LogP contribution >= 0.6 is 0 Å². The average Bonchev–Trinajstić information content (AvgIpc) is 2.44. The summed E-state index contributed by atoms with van der Waals surface area (Å²) < 4.78 is 0. The number of likely N-dealkylation sites (N-methyl/N-ethyl adjacent to an activating group) is 1. The predicted octanol–water partition coefficient (Wildman–Crippen LogP) is 0.987. The summed E-state index contributed by atoms with van der Waals surface area (Å²) in [7, 11) is 2.13. The standard InChI is InChI=1S/C15H23N3O/c1-18-9-5-8-14(12-18)16-11-15(19)17-10-13-6-3-2-4-7-13/h2-4,6-7,14,16H,5,8-12H2,1H3,(H,17,19). The summed E-state index contributed by atoms with van der Waals surface area (Å²) >= 11 is 0. The van der Waals surface area contributed by atoms with Gasteiger partial charge in [-0.1, -0.05) is 30.3 Å². The summed E-state index contributed by atoms with van der Waals surface area (Å²) in [5.74, 6) is 0.0667. The third-order valence-electron chi connectivity index (χ3n) is 3.51. The lowest BCUT2D eigenvalue weighted by atomic mass is 10.1. The molecule has 1 aromatic carbocycles. The van der Waals surface area contributed by atoms with E-state index in [4.69, 9.17) is 0 Å². The first-order valence-corrected chi connectivity index (χ1v) is 6.96. The first-order chi connectivity index (χ1) is 9.24. The van der Waals surface area contributed by atoms with Crippen LogP contribution in [0.3, 0.4) is 0 Å². The first kappa shape index (κ1) is 14.0. The molecule has 104 valence electrons. The van der Waals surface area contributed by atoms with Crippen LogP contribution in [-0.2, 0) is 11.3 Å². The van der Waals surface area contributed by atoms with Crippen molar-refractivity contribution in [3.63, 3.8) is 0 Å². The van der Waals surface area contributed by atoms with Crippen LogP contribution in [0.1, 0.15) is 18.4 Å². The normalized spacial score (nSPS) is 20.2. The minimum absolute atomic E-state index is 0.0667. The van der Waals surface area contributed by atoms with Gasteiger partial charge >= 0.3 is 0 Å². The van der Waals surface area contributed by atoms with Crippen LogP contribution in [0.15, 0.2) is 30.3 Å². The maximum Gasteiger partial charge on any atom is 0.234 e. The number of rotatable bonds is 5. The molecule has 0 spiro atoms. The van der Waals surface area contributed by atoms with Gasteiger partial charge < -0.3 is 15.5 Å². The largest absolute Gasteiger partial charge is 0.351 e. The van der Waals surface area contributed by atoms with Gasteiger partial charge in [-0.25, -0.2) is 0 Å². The number of likely N-dealkylation sites (tertiary alicyclic amines) is 1. The van der Waals surface area contributed by atoms with E-state index in [0.29, 0.717) is 19.1 Å². The zero-order chi connectivity index (χ0) is 13.5. The van der Waals surface area contributed by atoms with Crippen LogP contribution in [0.5, 0.6) is 0 Å². The molecule has 19 heavy (non-hydrogen) atoms. The second-order valence-electron chi connectivity index (χ2n) is 5.24. The van der Waals surface area contributed by atoms with Crippen molar-refractivity contribution in [1.29, 1.82) is 0 Å². The van der Waals surface area contributed by atoms with Crippen LogP contribution in [0.2, 0.25) is 0 Å². The van der Waals surface area contributed by atoms with E-state index < -0.39 is 0 Å². The molecule has 1 aliphatic heterocycles. The summed E-state index contributed by atoms with van der Waals surface area (Å²) in [6.07, 6.45) is 2.37. The summed E-state index contributed by atoms with van der Waals surface area (Å²) in [6.45, 7) is 3.21. The summed E-state index contributed by atoms with van der Waals surface area (Å²) in [6, 6.07) is 10.4. The molecule has 1 fully saturated rings. The molecular formula is C15H23N3O. The van der Waals surface area contributed by atoms with Gasteiger partial charge in [-0.05, 0) is 32.0 Å². The van der Waals surface area contributed by atoms with Crippen molar-refractivity contribution in [3.8, 4) is 0 Å². The molecule has 4 nitrogen and oxygen atoms in total. The summed E-state index contributed by atoms with van der Waals surface area (Å²) in [5, 5.41) is 6.27. The summed E-state index contributed by atoms with van der Waals surface area (Å²) in [4.78, 5) is 14.1. The van der Waals surface area contributed by atoms with Crippen LogP contribution in [0.4, 0.5) is 0 Å². The summed E-state index contributed by atoms with van der Waals surface area (Å²) in [5.41, 5.74) is 1.13. The molecule has 1 heterocycles. The highest BCUT2D eigenvalue weighted by molar-refractivity contribution is 5.78. The zero-order valence-corrected chi connectivity index (χ0v) is 11.6. The lowest BCUT2D eigenvalue weighted by Crippen LogP contribution is -2.47. The fraction of sp³-hybridized carbons (Fsp3) is 0.533. The Morgan fingerprint density at radius 1 is 1.37 bits per heavy atom. The van der Waals surface area contributed by atoms with E-state index in [9.17, 15) is 4.79 Å². The number of hydrogen-bond donors (Lipinski definition) is 2.